The summed E-state index contributed by atoms with van der Waals surface area (Å²) in [4.78, 5) is 11.1. The fourth-order valence-electron chi connectivity index (χ4n) is 1.78. The van der Waals surface area contributed by atoms with Crippen molar-refractivity contribution in [3.63, 3.8) is 0 Å². The minimum absolute atomic E-state index is 0.264. The third-order valence-electron chi connectivity index (χ3n) is 2.60. The number of ether oxygens (including phenoxy) is 1. The molecule has 1 rings (SSSR count). The van der Waals surface area contributed by atoms with Gasteiger partial charge in [-0.2, -0.15) is 11.8 Å². The molecule has 1 N–H and O–H groups in total. The van der Waals surface area contributed by atoms with Gasteiger partial charge in [0.05, 0.1) is 6.61 Å². The van der Waals surface area contributed by atoms with Gasteiger partial charge in [0.15, 0.2) is 0 Å². The molecule has 0 aromatic carbocycles. The molecule has 1 aliphatic rings. The Balaban J connectivity index is 2.18. The van der Waals surface area contributed by atoms with Gasteiger partial charge in [0.1, 0.15) is 0 Å². The monoisotopic (exact) mass is 217 g/mol. The van der Waals surface area contributed by atoms with Crippen molar-refractivity contribution in [2.75, 3.05) is 12.9 Å². The van der Waals surface area contributed by atoms with Crippen LogP contribution >= 0.6 is 11.8 Å². The van der Waals surface area contributed by atoms with Crippen LogP contribution in [-0.2, 0) is 4.74 Å². The molecule has 4 heteroatoms. The molecule has 0 aromatic heterocycles. The molecule has 1 aliphatic carbocycles. The van der Waals surface area contributed by atoms with E-state index in [1.165, 1.54) is 12.8 Å². The number of rotatable bonds is 3. The minimum Gasteiger partial charge on any atom is -0.450 e. The average Bonchev–Trinajstić information content (AvgIpc) is 2.19. The third-order valence-corrected chi connectivity index (χ3v) is 3.74. The molecule has 0 bridgehead atoms. The topological polar surface area (TPSA) is 38.3 Å². The number of thioether (sulfide) groups is 1. The number of alkyl carbamates (subject to hydrolysis) is 1. The van der Waals surface area contributed by atoms with Gasteiger partial charge < -0.3 is 10.1 Å². The molecule has 14 heavy (non-hydrogen) atoms. The molecule has 0 spiro atoms. The molecule has 0 atom stereocenters. The molecular formula is C10H19NO2S. The van der Waals surface area contributed by atoms with E-state index in [0.717, 1.165) is 18.1 Å². The molecule has 0 saturated heterocycles. The number of hydrogen-bond acceptors (Lipinski definition) is 3. The fraction of sp³-hybridized carbons (Fsp3) is 0.900. The lowest BCUT2D eigenvalue weighted by Crippen LogP contribution is -2.38. The zero-order valence-electron chi connectivity index (χ0n) is 8.91. The molecule has 0 heterocycles. The molecule has 3 nitrogen and oxygen atoms in total. The number of nitrogens with one attached hydrogen (secondary N) is 1. The zero-order valence-corrected chi connectivity index (χ0v) is 9.73. The largest absolute Gasteiger partial charge is 0.450 e. The van der Waals surface area contributed by atoms with Gasteiger partial charge in [0.2, 0.25) is 0 Å². The van der Waals surface area contributed by atoms with Crippen molar-refractivity contribution in [2.45, 2.75) is 43.9 Å². The molecule has 1 amide bonds. The lowest BCUT2D eigenvalue weighted by Gasteiger charge is -2.27. The number of carbonyl (C=O) groups is 1. The van der Waals surface area contributed by atoms with Crippen molar-refractivity contribution in [3.05, 3.63) is 0 Å². The molecule has 0 unspecified atom stereocenters. The van der Waals surface area contributed by atoms with Gasteiger partial charge in [-0.1, -0.05) is 0 Å². The maximum atomic E-state index is 11.1. The molecule has 1 saturated carbocycles. The molecule has 0 radical (unpaired) electrons. The van der Waals surface area contributed by atoms with Gasteiger partial charge in [-0.3, -0.25) is 0 Å². The van der Waals surface area contributed by atoms with Crippen LogP contribution < -0.4 is 5.32 Å². The first-order chi connectivity index (χ1) is 6.76. The van der Waals surface area contributed by atoms with Crippen LogP contribution in [0.5, 0.6) is 0 Å². The van der Waals surface area contributed by atoms with Crippen molar-refractivity contribution >= 4 is 17.9 Å². The van der Waals surface area contributed by atoms with Crippen molar-refractivity contribution in [2.24, 2.45) is 0 Å². The van der Waals surface area contributed by atoms with Crippen LogP contribution in [0.4, 0.5) is 4.79 Å². The summed E-state index contributed by atoms with van der Waals surface area (Å²) in [5, 5.41) is 3.68. The van der Waals surface area contributed by atoms with E-state index in [1.807, 2.05) is 18.7 Å². The van der Waals surface area contributed by atoms with Crippen LogP contribution in [-0.4, -0.2) is 30.2 Å². The van der Waals surface area contributed by atoms with Gasteiger partial charge >= 0.3 is 6.09 Å². The Morgan fingerprint density at radius 3 is 2.57 bits per heavy atom. The summed E-state index contributed by atoms with van der Waals surface area (Å²) < 4.78 is 4.84. The van der Waals surface area contributed by atoms with Crippen molar-refractivity contribution in [1.82, 2.24) is 5.32 Å². The standard InChI is InChI=1S/C10H19NO2S/c1-3-13-10(12)11-8-4-6-9(14-2)7-5-8/h8-9H,3-7H2,1-2H3,(H,11,12). The van der Waals surface area contributed by atoms with Crippen LogP contribution in [0.3, 0.4) is 0 Å². The highest BCUT2D eigenvalue weighted by atomic mass is 32.2. The summed E-state index contributed by atoms with van der Waals surface area (Å²) in [6, 6.07) is 0.331. The van der Waals surface area contributed by atoms with E-state index in [0.29, 0.717) is 12.6 Å². The molecule has 82 valence electrons. The number of hydrogen-bond donors (Lipinski definition) is 1. The number of amides is 1. The maximum Gasteiger partial charge on any atom is 0.407 e. The average molecular weight is 217 g/mol. The van der Waals surface area contributed by atoms with Crippen LogP contribution in [0.2, 0.25) is 0 Å². The van der Waals surface area contributed by atoms with Crippen molar-refractivity contribution in [3.8, 4) is 0 Å². The maximum absolute atomic E-state index is 11.1. The van der Waals surface area contributed by atoms with Gasteiger partial charge in [-0.15, -0.1) is 0 Å². The van der Waals surface area contributed by atoms with E-state index in [9.17, 15) is 4.79 Å². The second-order valence-corrected chi connectivity index (χ2v) is 4.71. The van der Waals surface area contributed by atoms with Crippen LogP contribution in [0.1, 0.15) is 32.6 Å². The highest BCUT2D eigenvalue weighted by Crippen LogP contribution is 2.26. The molecule has 1 fully saturated rings. The predicted octanol–water partition coefficient (Wildman–Crippen LogP) is 2.41. The summed E-state index contributed by atoms with van der Waals surface area (Å²) in [6.45, 7) is 2.27. The van der Waals surface area contributed by atoms with Gasteiger partial charge in [-0.25, -0.2) is 4.79 Å². The summed E-state index contributed by atoms with van der Waals surface area (Å²) in [7, 11) is 0. The van der Waals surface area contributed by atoms with Crippen molar-refractivity contribution in [1.29, 1.82) is 0 Å². The van der Waals surface area contributed by atoms with Crippen LogP contribution in [0.15, 0.2) is 0 Å². The fourth-order valence-corrected chi connectivity index (χ4v) is 2.53. The summed E-state index contributed by atoms with van der Waals surface area (Å²) in [5.74, 6) is 0. The minimum atomic E-state index is -0.264. The smallest absolute Gasteiger partial charge is 0.407 e. The first-order valence-corrected chi connectivity index (χ1v) is 6.51. The second-order valence-electron chi connectivity index (χ2n) is 3.57. The van der Waals surface area contributed by atoms with Crippen LogP contribution in [0, 0.1) is 0 Å². The van der Waals surface area contributed by atoms with E-state index in [2.05, 4.69) is 11.6 Å². The lowest BCUT2D eigenvalue weighted by molar-refractivity contribution is 0.145. The van der Waals surface area contributed by atoms with Gasteiger partial charge in [0, 0.05) is 11.3 Å². The molecule has 0 aromatic rings. The van der Waals surface area contributed by atoms with E-state index >= 15 is 0 Å². The SMILES string of the molecule is CCOC(=O)NC1CCC(SC)CC1. The third kappa shape index (κ3) is 3.78. The Labute approximate surface area is 90.0 Å². The number of carbonyl (C=O) groups excluding carboxylic acids is 1. The first-order valence-electron chi connectivity index (χ1n) is 5.22. The zero-order chi connectivity index (χ0) is 10.4. The highest BCUT2D eigenvalue weighted by Gasteiger charge is 2.21. The van der Waals surface area contributed by atoms with E-state index in [4.69, 9.17) is 4.74 Å². The Morgan fingerprint density at radius 2 is 2.07 bits per heavy atom. The Kier molecular flexibility index (Phi) is 5.15. The summed E-state index contributed by atoms with van der Waals surface area (Å²) in [6.07, 6.45) is 6.48. The molecular weight excluding hydrogens is 198 g/mol. The van der Waals surface area contributed by atoms with E-state index in [1.54, 1.807) is 0 Å². The van der Waals surface area contributed by atoms with Crippen molar-refractivity contribution < 1.29 is 9.53 Å². The predicted molar refractivity (Wildman–Crippen MR) is 59.7 cm³/mol. The highest BCUT2D eigenvalue weighted by molar-refractivity contribution is 7.99. The quantitative estimate of drug-likeness (QED) is 0.789. The Bertz CT molecular complexity index is 179. The summed E-state index contributed by atoms with van der Waals surface area (Å²) >= 11 is 1.93. The van der Waals surface area contributed by atoms with Gasteiger partial charge in [-0.05, 0) is 38.9 Å². The lowest BCUT2D eigenvalue weighted by atomic mass is 9.95. The normalized spacial score (nSPS) is 27.0. The summed E-state index contributed by atoms with van der Waals surface area (Å²) in [5.41, 5.74) is 0. The first kappa shape index (κ1) is 11.7. The Morgan fingerprint density at radius 1 is 1.43 bits per heavy atom. The van der Waals surface area contributed by atoms with E-state index < -0.39 is 0 Å². The Hall–Kier alpha value is -0.380. The second kappa shape index (κ2) is 6.17. The van der Waals surface area contributed by atoms with E-state index in [-0.39, 0.29) is 6.09 Å². The molecule has 0 aliphatic heterocycles. The van der Waals surface area contributed by atoms with Gasteiger partial charge in [0.25, 0.3) is 0 Å². The van der Waals surface area contributed by atoms with Crippen LogP contribution in [0.25, 0.3) is 0 Å².